The summed E-state index contributed by atoms with van der Waals surface area (Å²) in [6.07, 6.45) is 6.87. The SMILES string of the molecule is O=C(O)Cc1cccc(OC2CCOC3(CCCC3)C2)c1. The van der Waals surface area contributed by atoms with Crippen LogP contribution < -0.4 is 4.74 Å². The average Bonchev–Trinajstić information content (AvgIpc) is 2.86. The van der Waals surface area contributed by atoms with Gasteiger partial charge in [0.05, 0.1) is 18.6 Å². The van der Waals surface area contributed by atoms with E-state index in [0.29, 0.717) is 0 Å². The molecular weight excluding hydrogens is 268 g/mol. The molecule has 2 fully saturated rings. The van der Waals surface area contributed by atoms with Gasteiger partial charge in [0.1, 0.15) is 11.9 Å². The maximum atomic E-state index is 10.8. The van der Waals surface area contributed by atoms with Gasteiger partial charge in [0.15, 0.2) is 0 Å². The fourth-order valence-corrected chi connectivity index (χ4v) is 3.55. The topological polar surface area (TPSA) is 55.8 Å². The third-order valence-electron chi connectivity index (χ3n) is 4.52. The number of benzene rings is 1. The van der Waals surface area contributed by atoms with E-state index in [9.17, 15) is 4.79 Å². The van der Waals surface area contributed by atoms with Gasteiger partial charge >= 0.3 is 5.97 Å². The second-order valence-electron chi connectivity index (χ2n) is 6.19. The highest BCUT2D eigenvalue weighted by Crippen LogP contribution is 2.40. The smallest absolute Gasteiger partial charge is 0.307 e. The summed E-state index contributed by atoms with van der Waals surface area (Å²) in [7, 11) is 0. The first-order valence-electron chi connectivity index (χ1n) is 7.77. The molecule has 0 amide bonds. The number of aliphatic carboxylic acids is 1. The Kier molecular flexibility index (Phi) is 4.15. The Morgan fingerprint density at radius 2 is 2.19 bits per heavy atom. The summed E-state index contributed by atoms with van der Waals surface area (Å²) >= 11 is 0. The van der Waals surface area contributed by atoms with Crippen LogP contribution in [0.3, 0.4) is 0 Å². The molecule has 1 heterocycles. The van der Waals surface area contributed by atoms with E-state index in [1.54, 1.807) is 0 Å². The van der Waals surface area contributed by atoms with E-state index in [-0.39, 0.29) is 18.1 Å². The summed E-state index contributed by atoms with van der Waals surface area (Å²) in [6, 6.07) is 7.43. The largest absolute Gasteiger partial charge is 0.490 e. The average molecular weight is 290 g/mol. The summed E-state index contributed by atoms with van der Waals surface area (Å²) in [6.45, 7) is 0.763. The van der Waals surface area contributed by atoms with Crippen LogP contribution in [-0.2, 0) is 16.0 Å². The molecule has 1 spiro atoms. The Hall–Kier alpha value is -1.55. The Balaban J connectivity index is 1.64. The number of rotatable bonds is 4. The molecule has 1 saturated carbocycles. The van der Waals surface area contributed by atoms with Crippen LogP contribution in [0.15, 0.2) is 24.3 Å². The standard InChI is InChI=1S/C17H22O4/c18-16(19)11-13-4-3-5-14(10-13)21-15-6-9-20-17(12-15)7-1-2-8-17/h3-5,10,15H,1-2,6-9,11-12H2,(H,18,19). The lowest BCUT2D eigenvalue weighted by molar-refractivity contribution is -0.136. The van der Waals surface area contributed by atoms with Crippen LogP contribution in [0.2, 0.25) is 0 Å². The Bertz CT molecular complexity index is 505. The predicted molar refractivity (Wildman–Crippen MR) is 78.6 cm³/mol. The van der Waals surface area contributed by atoms with Gasteiger partial charge < -0.3 is 14.6 Å². The van der Waals surface area contributed by atoms with Crippen molar-refractivity contribution in [2.45, 2.75) is 56.7 Å². The van der Waals surface area contributed by atoms with Gasteiger partial charge in [-0.25, -0.2) is 0 Å². The highest BCUT2D eigenvalue weighted by Gasteiger charge is 2.40. The quantitative estimate of drug-likeness (QED) is 0.925. The van der Waals surface area contributed by atoms with Crippen molar-refractivity contribution < 1.29 is 19.4 Å². The van der Waals surface area contributed by atoms with Gasteiger partial charge in [0, 0.05) is 12.8 Å². The number of carboxylic acids is 1. The number of carboxylic acid groups (broad SMARTS) is 1. The van der Waals surface area contributed by atoms with Crippen molar-refractivity contribution >= 4 is 5.97 Å². The molecule has 114 valence electrons. The maximum absolute atomic E-state index is 10.8. The van der Waals surface area contributed by atoms with Crippen molar-refractivity contribution in [3.05, 3.63) is 29.8 Å². The minimum Gasteiger partial charge on any atom is -0.490 e. The summed E-state index contributed by atoms with van der Waals surface area (Å²) in [4.78, 5) is 10.8. The predicted octanol–water partition coefficient (Wildman–Crippen LogP) is 3.18. The van der Waals surface area contributed by atoms with Crippen molar-refractivity contribution in [1.29, 1.82) is 0 Å². The van der Waals surface area contributed by atoms with Gasteiger partial charge in [0.25, 0.3) is 0 Å². The zero-order valence-electron chi connectivity index (χ0n) is 12.2. The molecule has 1 aromatic rings. The third kappa shape index (κ3) is 3.56. The number of ether oxygens (including phenoxy) is 2. The molecule has 1 atom stereocenters. The van der Waals surface area contributed by atoms with Gasteiger partial charge in [0.2, 0.25) is 0 Å². The molecule has 4 heteroatoms. The van der Waals surface area contributed by atoms with Crippen molar-refractivity contribution in [3.8, 4) is 5.75 Å². The van der Waals surface area contributed by atoms with Crippen LogP contribution in [-0.4, -0.2) is 29.4 Å². The molecule has 1 aliphatic heterocycles. The van der Waals surface area contributed by atoms with Crippen LogP contribution in [0.4, 0.5) is 0 Å². The van der Waals surface area contributed by atoms with Crippen LogP contribution in [0.5, 0.6) is 5.75 Å². The summed E-state index contributed by atoms with van der Waals surface area (Å²) < 4.78 is 12.1. The van der Waals surface area contributed by atoms with Crippen LogP contribution in [0, 0.1) is 0 Å². The van der Waals surface area contributed by atoms with Crippen molar-refractivity contribution in [2.24, 2.45) is 0 Å². The first kappa shape index (κ1) is 14.4. The Labute approximate surface area is 125 Å². The van der Waals surface area contributed by atoms with Gasteiger partial charge in [-0.1, -0.05) is 25.0 Å². The molecule has 2 aliphatic rings. The number of carbonyl (C=O) groups is 1. The molecule has 1 unspecified atom stereocenters. The van der Waals surface area contributed by atoms with Crippen LogP contribution >= 0.6 is 0 Å². The van der Waals surface area contributed by atoms with E-state index in [2.05, 4.69) is 0 Å². The first-order chi connectivity index (χ1) is 10.2. The lowest BCUT2D eigenvalue weighted by Crippen LogP contribution is -2.41. The molecule has 0 aromatic heterocycles. The first-order valence-corrected chi connectivity index (χ1v) is 7.77. The fourth-order valence-electron chi connectivity index (χ4n) is 3.55. The number of hydrogen-bond donors (Lipinski definition) is 1. The highest BCUT2D eigenvalue weighted by molar-refractivity contribution is 5.70. The zero-order chi connectivity index (χ0) is 14.7. The molecule has 1 saturated heterocycles. The zero-order valence-corrected chi connectivity index (χ0v) is 12.2. The molecule has 4 nitrogen and oxygen atoms in total. The van der Waals surface area contributed by atoms with Gasteiger partial charge in [-0.2, -0.15) is 0 Å². The monoisotopic (exact) mass is 290 g/mol. The molecule has 0 bridgehead atoms. The maximum Gasteiger partial charge on any atom is 0.307 e. The molecule has 21 heavy (non-hydrogen) atoms. The lowest BCUT2D eigenvalue weighted by atomic mass is 9.90. The van der Waals surface area contributed by atoms with E-state index in [1.165, 1.54) is 12.8 Å². The van der Waals surface area contributed by atoms with Gasteiger partial charge in [-0.05, 0) is 30.5 Å². The van der Waals surface area contributed by atoms with E-state index >= 15 is 0 Å². The molecule has 0 radical (unpaired) electrons. The summed E-state index contributed by atoms with van der Waals surface area (Å²) in [5.74, 6) is -0.0445. The van der Waals surface area contributed by atoms with Crippen molar-refractivity contribution in [3.63, 3.8) is 0 Å². The van der Waals surface area contributed by atoms with Crippen LogP contribution in [0.1, 0.15) is 44.1 Å². The van der Waals surface area contributed by atoms with Crippen LogP contribution in [0.25, 0.3) is 0 Å². The van der Waals surface area contributed by atoms with Crippen molar-refractivity contribution in [1.82, 2.24) is 0 Å². The molecule has 1 N–H and O–H groups in total. The van der Waals surface area contributed by atoms with Gasteiger partial charge in [-0.3, -0.25) is 4.79 Å². The molecule has 1 aliphatic carbocycles. The van der Waals surface area contributed by atoms with E-state index < -0.39 is 5.97 Å². The minimum absolute atomic E-state index is 0.0366. The normalized spacial score (nSPS) is 24.1. The second kappa shape index (κ2) is 6.06. The van der Waals surface area contributed by atoms with E-state index in [0.717, 1.165) is 43.6 Å². The minimum atomic E-state index is -0.817. The molecule has 1 aromatic carbocycles. The summed E-state index contributed by atoms with van der Waals surface area (Å²) in [5.41, 5.74) is 0.823. The Morgan fingerprint density at radius 1 is 1.38 bits per heavy atom. The fraction of sp³-hybridized carbons (Fsp3) is 0.588. The molecular formula is C17H22O4. The van der Waals surface area contributed by atoms with Gasteiger partial charge in [-0.15, -0.1) is 0 Å². The van der Waals surface area contributed by atoms with E-state index in [4.69, 9.17) is 14.6 Å². The third-order valence-corrected chi connectivity index (χ3v) is 4.52. The Morgan fingerprint density at radius 3 is 2.95 bits per heavy atom. The highest BCUT2D eigenvalue weighted by atomic mass is 16.5. The summed E-state index contributed by atoms with van der Waals surface area (Å²) in [5, 5.41) is 8.86. The number of hydrogen-bond acceptors (Lipinski definition) is 3. The lowest BCUT2D eigenvalue weighted by Gasteiger charge is -2.38. The molecule has 3 rings (SSSR count). The van der Waals surface area contributed by atoms with E-state index in [1.807, 2.05) is 24.3 Å². The van der Waals surface area contributed by atoms with Crippen molar-refractivity contribution in [2.75, 3.05) is 6.61 Å². The second-order valence-corrected chi connectivity index (χ2v) is 6.19.